The van der Waals surface area contributed by atoms with Crippen molar-refractivity contribution in [3.8, 4) is 0 Å². The minimum Gasteiger partial charge on any atom is -0.353 e. The summed E-state index contributed by atoms with van der Waals surface area (Å²) in [6.45, 7) is 5.31. The second-order valence-corrected chi connectivity index (χ2v) is 8.22. The van der Waals surface area contributed by atoms with E-state index >= 15 is 0 Å². The fourth-order valence-electron chi connectivity index (χ4n) is 4.34. The van der Waals surface area contributed by atoms with Crippen molar-refractivity contribution in [3.05, 3.63) is 35.9 Å². The zero-order chi connectivity index (χ0) is 18.5. The molecule has 2 amide bonds. The van der Waals surface area contributed by atoms with E-state index in [4.69, 9.17) is 0 Å². The molecule has 0 atom stereocenters. The Balaban J connectivity index is 1.42. The Morgan fingerprint density at radius 2 is 1.58 bits per heavy atom. The number of likely N-dealkylation sites (tertiary alicyclic amines) is 1. The highest BCUT2D eigenvalue weighted by Crippen LogP contribution is 2.33. The Hall–Kier alpha value is -1.84. The number of benzene rings is 1. The Morgan fingerprint density at radius 1 is 0.962 bits per heavy atom. The van der Waals surface area contributed by atoms with E-state index in [-0.39, 0.29) is 23.7 Å². The van der Waals surface area contributed by atoms with Crippen LogP contribution in [-0.4, -0.2) is 35.8 Å². The number of piperidine rings is 1. The third kappa shape index (κ3) is 4.66. The molecule has 1 aromatic rings. The van der Waals surface area contributed by atoms with Crippen LogP contribution in [0.1, 0.15) is 63.9 Å². The van der Waals surface area contributed by atoms with E-state index in [9.17, 15) is 9.59 Å². The van der Waals surface area contributed by atoms with Crippen LogP contribution in [0.4, 0.5) is 0 Å². The molecule has 142 valence electrons. The lowest BCUT2D eigenvalue weighted by molar-refractivity contribution is -0.138. The van der Waals surface area contributed by atoms with Gasteiger partial charge < -0.3 is 10.2 Å². The average molecular weight is 357 g/mol. The maximum absolute atomic E-state index is 12.6. The molecule has 0 spiro atoms. The monoisotopic (exact) mass is 356 g/mol. The summed E-state index contributed by atoms with van der Waals surface area (Å²) in [6, 6.07) is 11.0. The normalized spacial score (nSPS) is 24.5. The highest BCUT2D eigenvalue weighted by molar-refractivity contribution is 5.81. The first kappa shape index (κ1) is 18.9. The first-order chi connectivity index (χ1) is 12.5. The van der Waals surface area contributed by atoms with E-state index < -0.39 is 0 Å². The molecule has 1 N–H and O–H groups in total. The van der Waals surface area contributed by atoms with E-state index in [1.165, 1.54) is 5.56 Å². The summed E-state index contributed by atoms with van der Waals surface area (Å²) in [6.07, 6.45) is 6.02. The number of carbonyl (C=O) groups is 2. The van der Waals surface area contributed by atoms with Crippen LogP contribution in [0.3, 0.4) is 0 Å². The van der Waals surface area contributed by atoms with Gasteiger partial charge in [0.1, 0.15) is 0 Å². The summed E-state index contributed by atoms with van der Waals surface area (Å²) in [5.74, 6) is 1.15. The number of hydrogen-bond donors (Lipinski definition) is 1. The highest BCUT2D eigenvalue weighted by Gasteiger charge is 2.30. The molecule has 2 fully saturated rings. The zero-order valence-corrected chi connectivity index (χ0v) is 16.1. The molecule has 1 saturated heterocycles. The molecule has 0 radical (unpaired) electrons. The molecule has 1 aliphatic carbocycles. The van der Waals surface area contributed by atoms with Crippen molar-refractivity contribution in [2.24, 2.45) is 11.8 Å². The molecule has 2 aliphatic rings. The summed E-state index contributed by atoms with van der Waals surface area (Å²) in [5, 5.41) is 3.29. The minimum atomic E-state index is 0.0418. The van der Waals surface area contributed by atoms with Crippen LogP contribution < -0.4 is 5.32 Å². The summed E-state index contributed by atoms with van der Waals surface area (Å²) >= 11 is 0. The Bertz CT molecular complexity index is 598. The van der Waals surface area contributed by atoms with Crippen molar-refractivity contribution in [1.82, 2.24) is 10.2 Å². The summed E-state index contributed by atoms with van der Waals surface area (Å²) < 4.78 is 0. The molecule has 1 aromatic carbocycles. The Labute approximate surface area is 157 Å². The van der Waals surface area contributed by atoms with E-state index in [1.807, 2.05) is 18.7 Å². The summed E-state index contributed by atoms with van der Waals surface area (Å²) in [4.78, 5) is 26.6. The van der Waals surface area contributed by atoms with Crippen LogP contribution in [0.25, 0.3) is 0 Å². The molecule has 1 heterocycles. The predicted octanol–water partition coefficient (Wildman–Crippen LogP) is 3.72. The smallest absolute Gasteiger partial charge is 0.225 e. The molecule has 0 aromatic heterocycles. The van der Waals surface area contributed by atoms with Gasteiger partial charge in [0.25, 0.3) is 0 Å². The number of carbonyl (C=O) groups excluding carboxylic acids is 2. The molecule has 1 aliphatic heterocycles. The first-order valence-electron chi connectivity index (χ1n) is 10.2. The van der Waals surface area contributed by atoms with Gasteiger partial charge in [-0.1, -0.05) is 44.2 Å². The lowest BCUT2D eigenvalue weighted by Gasteiger charge is -2.34. The van der Waals surface area contributed by atoms with E-state index in [1.54, 1.807) is 0 Å². The van der Waals surface area contributed by atoms with Gasteiger partial charge in [-0.3, -0.25) is 9.59 Å². The van der Waals surface area contributed by atoms with E-state index in [2.05, 4.69) is 35.6 Å². The molecular weight excluding hydrogens is 324 g/mol. The largest absolute Gasteiger partial charge is 0.353 e. The van der Waals surface area contributed by atoms with Crippen molar-refractivity contribution in [2.45, 2.75) is 64.3 Å². The standard InChI is InChI=1S/C22H32N2O2/c1-16(2)22(26)24-14-12-19(13-15-24)21(25)23-20-10-8-18(9-11-20)17-6-4-3-5-7-17/h3-7,16,18-20H,8-15H2,1-2H3,(H,23,25). The maximum Gasteiger partial charge on any atom is 0.225 e. The maximum atomic E-state index is 12.6. The Kier molecular flexibility index (Phi) is 6.33. The van der Waals surface area contributed by atoms with Gasteiger partial charge in [0.15, 0.2) is 0 Å². The minimum absolute atomic E-state index is 0.0418. The second kappa shape index (κ2) is 8.70. The lowest BCUT2D eigenvalue weighted by atomic mass is 9.81. The molecule has 0 unspecified atom stereocenters. The molecule has 4 heteroatoms. The van der Waals surface area contributed by atoms with Crippen molar-refractivity contribution in [2.75, 3.05) is 13.1 Å². The van der Waals surface area contributed by atoms with Gasteiger partial charge in [0, 0.05) is 31.0 Å². The topological polar surface area (TPSA) is 49.4 Å². The SMILES string of the molecule is CC(C)C(=O)N1CCC(C(=O)NC2CCC(c3ccccc3)CC2)CC1. The molecular formula is C22H32N2O2. The zero-order valence-electron chi connectivity index (χ0n) is 16.1. The second-order valence-electron chi connectivity index (χ2n) is 8.22. The summed E-state index contributed by atoms with van der Waals surface area (Å²) in [7, 11) is 0. The molecule has 4 nitrogen and oxygen atoms in total. The van der Waals surface area contributed by atoms with Crippen molar-refractivity contribution in [1.29, 1.82) is 0 Å². The fraction of sp³-hybridized carbons (Fsp3) is 0.636. The number of nitrogens with zero attached hydrogens (tertiary/aromatic N) is 1. The first-order valence-corrected chi connectivity index (χ1v) is 10.2. The number of amides is 2. The van der Waals surface area contributed by atoms with Crippen molar-refractivity contribution in [3.63, 3.8) is 0 Å². The molecule has 1 saturated carbocycles. The predicted molar refractivity (Wildman–Crippen MR) is 104 cm³/mol. The van der Waals surface area contributed by atoms with Gasteiger partial charge in [-0.25, -0.2) is 0 Å². The quantitative estimate of drug-likeness (QED) is 0.894. The molecule has 0 bridgehead atoms. The van der Waals surface area contributed by atoms with Gasteiger partial charge >= 0.3 is 0 Å². The van der Waals surface area contributed by atoms with Crippen molar-refractivity contribution >= 4 is 11.8 Å². The van der Waals surface area contributed by atoms with Gasteiger partial charge in [-0.05, 0) is 50.0 Å². The van der Waals surface area contributed by atoms with Crippen LogP contribution in [0.5, 0.6) is 0 Å². The van der Waals surface area contributed by atoms with Crippen molar-refractivity contribution < 1.29 is 9.59 Å². The van der Waals surface area contributed by atoms with Crippen LogP contribution in [0.2, 0.25) is 0 Å². The van der Waals surface area contributed by atoms with Gasteiger partial charge in [-0.15, -0.1) is 0 Å². The van der Waals surface area contributed by atoms with Gasteiger partial charge in [-0.2, -0.15) is 0 Å². The van der Waals surface area contributed by atoms with Crippen LogP contribution >= 0.6 is 0 Å². The lowest BCUT2D eigenvalue weighted by Crippen LogP contribution is -2.46. The number of rotatable bonds is 4. The van der Waals surface area contributed by atoms with Gasteiger partial charge in [0.05, 0.1) is 0 Å². The highest BCUT2D eigenvalue weighted by atomic mass is 16.2. The van der Waals surface area contributed by atoms with Gasteiger partial charge in [0.2, 0.25) is 11.8 Å². The third-order valence-electron chi connectivity index (χ3n) is 6.02. The van der Waals surface area contributed by atoms with Crippen LogP contribution in [0, 0.1) is 11.8 Å². The number of nitrogens with one attached hydrogen (secondary N) is 1. The molecule has 3 rings (SSSR count). The number of hydrogen-bond acceptors (Lipinski definition) is 2. The fourth-order valence-corrected chi connectivity index (χ4v) is 4.34. The average Bonchev–Trinajstić information content (AvgIpc) is 2.68. The summed E-state index contributed by atoms with van der Waals surface area (Å²) in [5.41, 5.74) is 1.43. The van der Waals surface area contributed by atoms with E-state index in [0.29, 0.717) is 12.0 Å². The third-order valence-corrected chi connectivity index (χ3v) is 6.02. The van der Waals surface area contributed by atoms with E-state index in [0.717, 1.165) is 51.6 Å². The molecule has 26 heavy (non-hydrogen) atoms. The Morgan fingerprint density at radius 3 is 2.15 bits per heavy atom. The van der Waals surface area contributed by atoms with Crippen LogP contribution in [0.15, 0.2) is 30.3 Å². The van der Waals surface area contributed by atoms with Crippen LogP contribution in [-0.2, 0) is 9.59 Å².